The zero-order valence-corrected chi connectivity index (χ0v) is 18.8. The lowest BCUT2D eigenvalue weighted by Crippen LogP contribution is -2.16. The summed E-state index contributed by atoms with van der Waals surface area (Å²) in [6, 6.07) is 13.4. The molecule has 0 spiro atoms. The normalized spacial score (nSPS) is 12.9. The molecule has 0 unspecified atom stereocenters. The smallest absolute Gasteiger partial charge is 0.133 e. The summed E-state index contributed by atoms with van der Waals surface area (Å²) in [5.74, 6) is 0.753. The first-order chi connectivity index (χ1) is 16.1. The van der Waals surface area contributed by atoms with E-state index in [1.54, 1.807) is 44.0 Å². The minimum atomic E-state index is 0.0772. The van der Waals surface area contributed by atoms with E-state index in [1.165, 1.54) is 0 Å². The molecule has 0 amide bonds. The third-order valence-corrected chi connectivity index (χ3v) is 5.03. The van der Waals surface area contributed by atoms with Crippen LogP contribution in [0.4, 0.5) is 5.69 Å². The number of benzene rings is 1. The van der Waals surface area contributed by atoms with Crippen LogP contribution in [0.25, 0.3) is 5.57 Å². The Morgan fingerprint density at radius 2 is 1.88 bits per heavy atom. The summed E-state index contributed by atoms with van der Waals surface area (Å²) in [6.45, 7) is 5.94. The van der Waals surface area contributed by atoms with Crippen LogP contribution in [0.1, 0.15) is 29.2 Å². The largest absolute Gasteiger partial charge is 0.392 e. The predicted octanol–water partition coefficient (Wildman–Crippen LogP) is 5.04. The Labute approximate surface area is 194 Å². The molecule has 3 N–H and O–H groups in total. The van der Waals surface area contributed by atoms with Crippen LogP contribution in [-0.2, 0) is 6.61 Å². The van der Waals surface area contributed by atoms with Crippen molar-refractivity contribution in [3.8, 4) is 0 Å². The van der Waals surface area contributed by atoms with E-state index < -0.39 is 0 Å². The number of nitrogens with zero attached hydrogens (tertiary/aromatic N) is 3. The Bertz CT molecular complexity index is 1210. The Kier molecular flexibility index (Phi) is 8.16. The molecule has 6 nitrogen and oxygen atoms in total. The number of rotatable bonds is 5. The highest BCUT2D eigenvalue weighted by Crippen LogP contribution is 2.37. The molecule has 0 aliphatic heterocycles. The minimum Gasteiger partial charge on any atom is -0.392 e. The second kappa shape index (κ2) is 11.5. The van der Waals surface area contributed by atoms with E-state index in [-0.39, 0.29) is 6.61 Å². The molecule has 0 saturated heterocycles. The van der Waals surface area contributed by atoms with E-state index in [4.69, 9.17) is 10.5 Å². The molecule has 3 aromatic rings. The number of anilines is 1. The van der Waals surface area contributed by atoms with Gasteiger partial charge in [0.25, 0.3) is 0 Å². The van der Waals surface area contributed by atoms with E-state index in [9.17, 15) is 0 Å². The Morgan fingerprint density at radius 3 is 2.45 bits per heavy atom. The van der Waals surface area contributed by atoms with Crippen LogP contribution in [0, 0.1) is 5.41 Å². The number of fused-ring (bicyclic) bond motifs is 1. The molecule has 2 aromatic heterocycles. The van der Waals surface area contributed by atoms with Gasteiger partial charge in [0.05, 0.1) is 12.3 Å². The first kappa shape index (κ1) is 23.5. The Morgan fingerprint density at radius 1 is 1.09 bits per heavy atom. The standard InChI is InChI=1S/C21H20N4.C6H7NO/c1-4-7-16-15(5-2)20(22)17-8-6-9-18(19(16)17)21(23-3)25-14-10-12-24-13-11-14;8-5-6-2-1-3-7-4-6/h4-13,22H,2H2,1,3H3,(H,23,24,25);1-4,8H,5H2/b7-4-,22-20?;. The molecule has 0 fully saturated rings. The first-order valence-electron chi connectivity index (χ1n) is 10.5. The van der Waals surface area contributed by atoms with Crippen LogP contribution in [0.15, 0.2) is 103 Å². The third kappa shape index (κ3) is 5.37. The van der Waals surface area contributed by atoms with Crippen molar-refractivity contribution < 1.29 is 5.11 Å². The number of hydrogen-bond acceptors (Lipinski definition) is 5. The van der Waals surface area contributed by atoms with Gasteiger partial charge in [0, 0.05) is 59.8 Å². The van der Waals surface area contributed by atoms with Crippen molar-refractivity contribution in [2.75, 3.05) is 12.4 Å². The number of amidine groups is 1. The van der Waals surface area contributed by atoms with Gasteiger partial charge in [-0.1, -0.05) is 49.1 Å². The van der Waals surface area contributed by atoms with Crippen LogP contribution >= 0.6 is 0 Å². The highest BCUT2D eigenvalue weighted by atomic mass is 16.3. The fourth-order valence-corrected chi connectivity index (χ4v) is 3.52. The van der Waals surface area contributed by atoms with Gasteiger partial charge in [0.15, 0.2) is 0 Å². The summed E-state index contributed by atoms with van der Waals surface area (Å²) in [5, 5.41) is 20.3. The molecule has 6 heteroatoms. The van der Waals surface area contributed by atoms with Crippen LogP contribution < -0.4 is 5.32 Å². The van der Waals surface area contributed by atoms with Gasteiger partial charge in [-0.05, 0) is 36.3 Å². The molecule has 0 saturated carbocycles. The first-order valence-corrected chi connectivity index (χ1v) is 10.5. The number of hydrogen-bond donors (Lipinski definition) is 3. The lowest BCUT2D eigenvalue weighted by atomic mass is 9.97. The molecular weight excluding hydrogens is 410 g/mol. The Hall–Kier alpha value is -4.16. The van der Waals surface area contributed by atoms with E-state index in [2.05, 4.69) is 26.9 Å². The van der Waals surface area contributed by atoms with Gasteiger partial charge < -0.3 is 10.4 Å². The van der Waals surface area contributed by atoms with Crippen molar-refractivity contribution in [3.63, 3.8) is 0 Å². The molecule has 1 aliphatic rings. The van der Waals surface area contributed by atoms with Gasteiger partial charge in [-0.3, -0.25) is 20.4 Å². The van der Waals surface area contributed by atoms with Crippen LogP contribution in [0.3, 0.4) is 0 Å². The fourth-order valence-electron chi connectivity index (χ4n) is 3.52. The van der Waals surface area contributed by atoms with Gasteiger partial charge >= 0.3 is 0 Å². The SMILES string of the molecule is C=CC1=C(/C=C\C)c2c(cccc2C(=NC)Nc2ccncc2)C1=N.OCc1cccnc1. The molecule has 4 rings (SSSR count). The van der Waals surface area contributed by atoms with Gasteiger partial charge in [-0.15, -0.1) is 0 Å². The van der Waals surface area contributed by atoms with E-state index >= 15 is 0 Å². The summed E-state index contributed by atoms with van der Waals surface area (Å²) in [4.78, 5) is 12.3. The zero-order chi connectivity index (χ0) is 23.6. The van der Waals surface area contributed by atoms with Crippen molar-refractivity contribution in [1.82, 2.24) is 9.97 Å². The number of pyridine rings is 2. The van der Waals surface area contributed by atoms with Crippen LogP contribution in [0.2, 0.25) is 0 Å². The molecule has 1 aromatic carbocycles. The van der Waals surface area contributed by atoms with Crippen molar-refractivity contribution in [2.24, 2.45) is 4.99 Å². The van der Waals surface area contributed by atoms with Gasteiger partial charge in [0.2, 0.25) is 0 Å². The lowest BCUT2D eigenvalue weighted by Gasteiger charge is -2.14. The average Bonchev–Trinajstić information content (AvgIpc) is 3.15. The molecule has 166 valence electrons. The maximum atomic E-state index is 8.50. The maximum Gasteiger partial charge on any atom is 0.133 e. The molecule has 0 bridgehead atoms. The lowest BCUT2D eigenvalue weighted by molar-refractivity contribution is 0.281. The fraction of sp³-hybridized carbons (Fsp3) is 0.111. The summed E-state index contributed by atoms with van der Waals surface area (Å²) in [7, 11) is 1.76. The Balaban J connectivity index is 0.000000323. The van der Waals surface area contributed by atoms with Crippen molar-refractivity contribution in [2.45, 2.75) is 13.5 Å². The van der Waals surface area contributed by atoms with E-state index in [0.717, 1.165) is 44.9 Å². The molecule has 1 aliphatic carbocycles. The quantitative estimate of drug-likeness (QED) is 0.385. The number of aromatic nitrogens is 2. The predicted molar refractivity (Wildman–Crippen MR) is 136 cm³/mol. The molecule has 2 heterocycles. The minimum absolute atomic E-state index is 0.0772. The summed E-state index contributed by atoms with van der Waals surface area (Å²) in [6.07, 6.45) is 12.6. The second-order valence-electron chi connectivity index (χ2n) is 7.09. The van der Waals surface area contributed by atoms with Gasteiger partial charge in [-0.25, -0.2) is 0 Å². The zero-order valence-electron chi connectivity index (χ0n) is 18.8. The summed E-state index contributed by atoms with van der Waals surface area (Å²) in [5.41, 5.74) is 7.01. The molecule has 0 radical (unpaired) electrons. The van der Waals surface area contributed by atoms with Crippen molar-refractivity contribution >= 4 is 22.8 Å². The van der Waals surface area contributed by atoms with Gasteiger partial charge in [0.1, 0.15) is 5.84 Å². The summed E-state index contributed by atoms with van der Waals surface area (Å²) < 4.78 is 0. The number of aliphatic hydroxyl groups excluding tert-OH is 1. The molecule has 33 heavy (non-hydrogen) atoms. The number of aliphatic hydroxyl groups is 1. The van der Waals surface area contributed by atoms with Crippen LogP contribution in [0.5, 0.6) is 0 Å². The topological polar surface area (TPSA) is 94.2 Å². The van der Waals surface area contributed by atoms with E-state index in [1.807, 2.05) is 55.5 Å². The van der Waals surface area contributed by atoms with Gasteiger partial charge in [-0.2, -0.15) is 0 Å². The number of aliphatic imine (C=N–C) groups is 1. The maximum absolute atomic E-state index is 8.50. The average molecular weight is 438 g/mol. The molecular formula is C27H27N5O. The van der Waals surface area contributed by atoms with Crippen molar-refractivity contribution in [1.29, 1.82) is 5.41 Å². The second-order valence-corrected chi connectivity index (χ2v) is 7.09. The highest BCUT2D eigenvalue weighted by Gasteiger charge is 2.27. The number of allylic oxidation sites excluding steroid dienone is 5. The van der Waals surface area contributed by atoms with Crippen molar-refractivity contribution in [3.05, 3.63) is 120 Å². The van der Waals surface area contributed by atoms with E-state index in [0.29, 0.717) is 5.71 Å². The molecule has 0 atom stereocenters. The number of nitrogens with one attached hydrogen (secondary N) is 2. The monoisotopic (exact) mass is 437 g/mol. The third-order valence-electron chi connectivity index (χ3n) is 5.03. The summed E-state index contributed by atoms with van der Waals surface area (Å²) >= 11 is 0. The highest BCUT2D eigenvalue weighted by molar-refractivity contribution is 6.27. The van der Waals surface area contributed by atoms with Crippen LogP contribution in [-0.4, -0.2) is 33.7 Å².